The van der Waals surface area contributed by atoms with Crippen molar-refractivity contribution in [2.24, 2.45) is 0 Å². The summed E-state index contributed by atoms with van der Waals surface area (Å²) < 4.78 is 11.8. The zero-order valence-corrected chi connectivity index (χ0v) is 14.1. The van der Waals surface area contributed by atoms with Gasteiger partial charge in [-0.2, -0.15) is 0 Å². The highest BCUT2D eigenvalue weighted by Crippen LogP contribution is 2.24. The van der Waals surface area contributed by atoms with Gasteiger partial charge >= 0.3 is 0 Å². The van der Waals surface area contributed by atoms with Crippen LogP contribution >= 0.6 is 0 Å². The molecule has 2 rings (SSSR count). The molecule has 0 saturated carbocycles. The number of ether oxygens (including phenoxy) is 2. The first kappa shape index (κ1) is 16.3. The van der Waals surface area contributed by atoms with Crippen molar-refractivity contribution < 1.29 is 14.4 Å². The minimum atomic E-state index is 0.356. The van der Waals surface area contributed by atoms with E-state index in [1.54, 1.807) is 4.90 Å². The molecule has 0 amide bonds. The van der Waals surface area contributed by atoms with Gasteiger partial charge in [-0.1, -0.05) is 26.0 Å². The predicted molar refractivity (Wildman–Crippen MR) is 86.3 cm³/mol. The van der Waals surface area contributed by atoms with Crippen LogP contribution in [0.3, 0.4) is 0 Å². The van der Waals surface area contributed by atoms with Crippen molar-refractivity contribution >= 4 is 0 Å². The number of morpholine rings is 1. The Bertz CT molecular complexity index is 449. The first-order chi connectivity index (χ1) is 9.95. The molecule has 1 fully saturated rings. The van der Waals surface area contributed by atoms with Crippen LogP contribution in [0, 0.1) is 6.92 Å². The monoisotopic (exact) mass is 292 g/mol. The van der Waals surface area contributed by atoms with E-state index in [4.69, 9.17) is 9.47 Å². The Kier molecular flexibility index (Phi) is 5.65. The summed E-state index contributed by atoms with van der Waals surface area (Å²) in [5.41, 5.74) is 2.56. The van der Waals surface area contributed by atoms with Crippen LogP contribution in [-0.4, -0.2) is 38.4 Å². The first-order valence-electron chi connectivity index (χ1n) is 8.18. The van der Waals surface area contributed by atoms with E-state index in [1.165, 1.54) is 11.1 Å². The highest BCUT2D eigenvalue weighted by molar-refractivity contribution is 5.37. The normalized spacial score (nSPS) is 26.1. The van der Waals surface area contributed by atoms with Crippen LogP contribution in [0.25, 0.3) is 0 Å². The Morgan fingerprint density at radius 1 is 1.24 bits per heavy atom. The molecule has 0 aromatic heterocycles. The van der Waals surface area contributed by atoms with Crippen LogP contribution in [0.1, 0.15) is 44.7 Å². The number of hydrogen-bond acceptors (Lipinski definition) is 2. The van der Waals surface area contributed by atoms with Gasteiger partial charge in [-0.15, -0.1) is 0 Å². The molecular weight excluding hydrogens is 262 g/mol. The molecule has 3 heteroatoms. The van der Waals surface area contributed by atoms with Crippen LogP contribution in [0.2, 0.25) is 0 Å². The van der Waals surface area contributed by atoms with Crippen molar-refractivity contribution in [2.45, 2.75) is 52.7 Å². The molecule has 1 N–H and O–H groups in total. The zero-order chi connectivity index (χ0) is 15.4. The average Bonchev–Trinajstić information content (AvgIpc) is 2.39. The zero-order valence-electron chi connectivity index (χ0n) is 14.1. The van der Waals surface area contributed by atoms with Crippen LogP contribution < -0.4 is 9.64 Å². The first-order valence-corrected chi connectivity index (χ1v) is 8.18. The number of nitrogens with one attached hydrogen (secondary N) is 1. The maximum absolute atomic E-state index is 6.04. The molecule has 1 heterocycles. The Balaban J connectivity index is 1.87. The topological polar surface area (TPSA) is 22.9 Å². The van der Waals surface area contributed by atoms with E-state index in [1.807, 2.05) is 0 Å². The van der Waals surface area contributed by atoms with Gasteiger partial charge in [-0.3, -0.25) is 0 Å². The fraction of sp³-hybridized carbons (Fsp3) is 0.667. The van der Waals surface area contributed by atoms with Crippen molar-refractivity contribution in [3.8, 4) is 5.75 Å². The third kappa shape index (κ3) is 4.72. The molecule has 1 aliphatic rings. The number of hydrogen-bond donors (Lipinski definition) is 1. The van der Waals surface area contributed by atoms with E-state index < -0.39 is 0 Å². The van der Waals surface area contributed by atoms with Crippen molar-refractivity contribution in [3.05, 3.63) is 29.3 Å². The van der Waals surface area contributed by atoms with Gasteiger partial charge in [-0.25, -0.2) is 0 Å². The lowest BCUT2D eigenvalue weighted by Gasteiger charge is -2.32. The molecular formula is C18H30NO2+. The fourth-order valence-corrected chi connectivity index (χ4v) is 3.03. The smallest absolute Gasteiger partial charge is 0.137 e. The second-order valence-corrected chi connectivity index (χ2v) is 6.69. The third-order valence-electron chi connectivity index (χ3n) is 4.21. The summed E-state index contributed by atoms with van der Waals surface area (Å²) in [6.45, 7) is 14.9. The van der Waals surface area contributed by atoms with Crippen LogP contribution in [0.5, 0.6) is 5.75 Å². The van der Waals surface area contributed by atoms with Gasteiger partial charge in [0.2, 0.25) is 0 Å². The van der Waals surface area contributed by atoms with Crippen LogP contribution in [0.4, 0.5) is 0 Å². The lowest BCUT2D eigenvalue weighted by molar-refractivity contribution is -0.915. The summed E-state index contributed by atoms with van der Waals surface area (Å²) in [6.07, 6.45) is 0.713. The number of aryl methyl sites for hydroxylation is 1. The largest absolute Gasteiger partial charge is 0.487 e. The molecule has 0 bridgehead atoms. The van der Waals surface area contributed by atoms with E-state index in [-0.39, 0.29) is 0 Å². The highest BCUT2D eigenvalue weighted by Gasteiger charge is 2.25. The predicted octanol–water partition coefficient (Wildman–Crippen LogP) is 2.19. The maximum Gasteiger partial charge on any atom is 0.137 e. The number of benzene rings is 1. The van der Waals surface area contributed by atoms with Gasteiger partial charge in [0.05, 0.1) is 0 Å². The molecule has 1 aromatic carbocycles. The summed E-state index contributed by atoms with van der Waals surface area (Å²) in [6, 6.07) is 6.56. The van der Waals surface area contributed by atoms with Crippen LogP contribution in [0.15, 0.2) is 18.2 Å². The summed E-state index contributed by atoms with van der Waals surface area (Å²) >= 11 is 0. The average molecular weight is 292 g/mol. The molecule has 21 heavy (non-hydrogen) atoms. The van der Waals surface area contributed by atoms with Gasteiger partial charge in [0, 0.05) is 0 Å². The lowest BCUT2D eigenvalue weighted by Crippen LogP contribution is -3.16. The van der Waals surface area contributed by atoms with Crippen molar-refractivity contribution in [1.29, 1.82) is 0 Å². The fourth-order valence-electron chi connectivity index (χ4n) is 3.03. The SMILES string of the molecule is Cc1ccc(C(C)C)cc1OCC[NH+]1C[C@@H](C)O[C@H](C)C1. The Labute approximate surface area is 129 Å². The van der Waals surface area contributed by atoms with Crippen LogP contribution in [-0.2, 0) is 4.74 Å². The molecule has 3 nitrogen and oxygen atoms in total. The van der Waals surface area contributed by atoms with Crippen molar-refractivity contribution in [3.63, 3.8) is 0 Å². The van der Waals surface area contributed by atoms with Gasteiger partial charge in [0.1, 0.15) is 44.2 Å². The Morgan fingerprint density at radius 2 is 1.90 bits per heavy atom. The minimum absolute atomic E-state index is 0.356. The molecule has 118 valence electrons. The molecule has 1 aliphatic heterocycles. The third-order valence-corrected chi connectivity index (χ3v) is 4.21. The van der Waals surface area contributed by atoms with E-state index in [9.17, 15) is 0 Å². The maximum atomic E-state index is 6.04. The van der Waals surface area contributed by atoms with Gasteiger partial charge in [0.15, 0.2) is 0 Å². The molecule has 2 atom stereocenters. The minimum Gasteiger partial charge on any atom is -0.487 e. The highest BCUT2D eigenvalue weighted by atomic mass is 16.5. The van der Waals surface area contributed by atoms with Crippen molar-refractivity contribution in [1.82, 2.24) is 0 Å². The summed E-state index contributed by atoms with van der Waals surface area (Å²) in [4.78, 5) is 1.58. The van der Waals surface area contributed by atoms with E-state index in [0.29, 0.717) is 18.1 Å². The summed E-state index contributed by atoms with van der Waals surface area (Å²) in [5.74, 6) is 1.58. The van der Waals surface area contributed by atoms with E-state index >= 15 is 0 Å². The van der Waals surface area contributed by atoms with Crippen molar-refractivity contribution in [2.75, 3.05) is 26.2 Å². The van der Waals surface area contributed by atoms with Gasteiger partial charge < -0.3 is 14.4 Å². The van der Waals surface area contributed by atoms with E-state index in [0.717, 1.165) is 32.0 Å². The molecule has 0 aliphatic carbocycles. The Hall–Kier alpha value is -1.06. The molecule has 0 radical (unpaired) electrons. The lowest BCUT2D eigenvalue weighted by atomic mass is 10.0. The summed E-state index contributed by atoms with van der Waals surface area (Å²) in [7, 11) is 0. The molecule has 1 saturated heterocycles. The molecule has 0 unspecified atom stereocenters. The molecule has 1 aromatic rings. The summed E-state index contributed by atoms with van der Waals surface area (Å²) in [5, 5.41) is 0. The second-order valence-electron chi connectivity index (χ2n) is 6.69. The number of quaternary nitrogens is 1. The molecule has 0 spiro atoms. The van der Waals surface area contributed by atoms with E-state index in [2.05, 4.69) is 52.8 Å². The number of rotatable bonds is 5. The quantitative estimate of drug-likeness (QED) is 0.899. The van der Waals surface area contributed by atoms with Gasteiger partial charge in [0.25, 0.3) is 0 Å². The van der Waals surface area contributed by atoms with Gasteiger partial charge in [-0.05, 0) is 43.9 Å². The second kappa shape index (κ2) is 7.28. The Morgan fingerprint density at radius 3 is 2.52 bits per heavy atom. The standard InChI is InChI=1S/C18H29NO2/c1-13(2)17-7-6-14(3)18(10-17)20-9-8-19-11-15(4)21-16(5)12-19/h6-7,10,13,15-16H,8-9,11-12H2,1-5H3/p+1/t15-,16-/m1/s1.